The van der Waals surface area contributed by atoms with Crippen LogP contribution in [0.1, 0.15) is 38.7 Å². The van der Waals surface area contributed by atoms with Crippen molar-refractivity contribution < 1.29 is 4.39 Å². The molecule has 1 aliphatic rings. The van der Waals surface area contributed by atoms with Crippen LogP contribution in [0, 0.1) is 11.2 Å². The lowest BCUT2D eigenvalue weighted by Gasteiger charge is -2.27. The monoisotopic (exact) mass is 264 g/mol. The van der Waals surface area contributed by atoms with E-state index in [2.05, 4.69) is 18.7 Å². The summed E-state index contributed by atoms with van der Waals surface area (Å²) in [5.74, 6) is -0.106. The second kappa shape index (κ2) is 5.91. The fourth-order valence-corrected chi connectivity index (χ4v) is 2.92. The highest BCUT2D eigenvalue weighted by Gasteiger charge is 2.25. The summed E-state index contributed by atoms with van der Waals surface area (Å²) in [6.07, 6.45) is 4.20. The molecular weight excluding hydrogens is 239 g/mol. The van der Waals surface area contributed by atoms with Gasteiger partial charge in [0, 0.05) is 13.1 Å². The molecule has 1 saturated heterocycles. The van der Waals surface area contributed by atoms with Crippen LogP contribution in [0.4, 0.5) is 10.1 Å². The van der Waals surface area contributed by atoms with Gasteiger partial charge in [0.15, 0.2) is 0 Å². The van der Waals surface area contributed by atoms with E-state index in [1.54, 1.807) is 12.1 Å². The smallest absolute Gasteiger partial charge is 0.146 e. The van der Waals surface area contributed by atoms with Crippen LogP contribution in [0.3, 0.4) is 0 Å². The molecule has 1 aliphatic heterocycles. The summed E-state index contributed by atoms with van der Waals surface area (Å²) in [4.78, 5) is 2.22. The fraction of sp³-hybridized carbons (Fsp3) is 0.625. The van der Waals surface area contributed by atoms with Gasteiger partial charge >= 0.3 is 0 Å². The molecule has 2 rings (SSSR count). The molecule has 106 valence electrons. The third-order valence-electron chi connectivity index (χ3n) is 4.14. The fourth-order valence-electron chi connectivity index (χ4n) is 2.92. The maximum Gasteiger partial charge on any atom is 0.146 e. The third kappa shape index (κ3) is 3.47. The van der Waals surface area contributed by atoms with Crippen LogP contribution in [0.15, 0.2) is 18.2 Å². The van der Waals surface area contributed by atoms with Gasteiger partial charge in [0.25, 0.3) is 0 Å². The summed E-state index contributed by atoms with van der Waals surface area (Å²) in [5.41, 5.74) is 7.84. The first kappa shape index (κ1) is 14.3. The van der Waals surface area contributed by atoms with E-state index in [-0.39, 0.29) is 5.82 Å². The molecule has 1 fully saturated rings. The summed E-state index contributed by atoms with van der Waals surface area (Å²) in [6, 6.07) is 5.35. The van der Waals surface area contributed by atoms with Crippen molar-refractivity contribution in [2.45, 2.75) is 39.5 Å². The molecular formula is C16H25FN2. The van der Waals surface area contributed by atoms with Crippen molar-refractivity contribution in [3.8, 4) is 0 Å². The summed E-state index contributed by atoms with van der Waals surface area (Å²) in [5, 5.41) is 0. The number of anilines is 1. The number of para-hydroxylation sites is 1. The molecule has 1 aromatic rings. The molecule has 0 bridgehead atoms. The Hall–Kier alpha value is -1.09. The van der Waals surface area contributed by atoms with Crippen LogP contribution in [0.25, 0.3) is 0 Å². The number of nitrogens with zero attached hydrogens (tertiary/aromatic N) is 1. The number of hydrogen-bond acceptors (Lipinski definition) is 2. The number of rotatable bonds is 3. The zero-order valence-corrected chi connectivity index (χ0v) is 12.1. The van der Waals surface area contributed by atoms with Gasteiger partial charge in [-0.3, -0.25) is 0 Å². The van der Waals surface area contributed by atoms with Crippen molar-refractivity contribution in [1.29, 1.82) is 0 Å². The zero-order chi connectivity index (χ0) is 13.9. The zero-order valence-electron chi connectivity index (χ0n) is 12.1. The molecule has 0 amide bonds. The molecule has 0 radical (unpaired) electrons. The maximum atomic E-state index is 14.2. The summed E-state index contributed by atoms with van der Waals surface area (Å²) >= 11 is 0. The van der Waals surface area contributed by atoms with Crippen LogP contribution in [-0.2, 0) is 6.42 Å². The predicted molar refractivity (Wildman–Crippen MR) is 79.0 cm³/mol. The van der Waals surface area contributed by atoms with Gasteiger partial charge in [0.05, 0.1) is 5.69 Å². The minimum Gasteiger partial charge on any atom is -0.369 e. The topological polar surface area (TPSA) is 29.3 Å². The first-order valence-corrected chi connectivity index (χ1v) is 7.26. The van der Waals surface area contributed by atoms with Crippen LogP contribution < -0.4 is 10.6 Å². The second-order valence-corrected chi connectivity index (χ2v) is 6.29. The van der Waals surface area contributed by atoms with Gasteiger partial charge in [-0.2, -0.15) is 0 Å². The Labute approximate surface area is 115 Å². The standard InChI is InChI=1S/C16H25FN2/c1-16(2)8-4-11-19(12-9-16)15-13(7-10-18)5-3-6-14(15)17/h3,5-6H,4,7-12,18H2,1-2H3. The summed E-state index contributed by atoms with van der Waals surface area (Å²) in [7, 11) is 0. The minimum absolute atomic E-state index is 0.106. The van der Waals surface area contributed by atoms with Crippen LogP contribution in [0.2, 0.25) is 0 Å². The molecule has 3 heteroatoms. The van der Waals surface area contributed by atoms with E-state index in [0.717, 1.165) is 43.6 Å². The van der Waals surface area contributed by atoms with Crippen molar-refractivity contribution in [2.75, 3.05) is 24.5 Å². The molecule has 1 aromatic carbocycles. The van der Waals surface area contributed by atoms with Gasteiger partial charge in [-0.1, -0.05) is 26.0 Å². The van der Waals surface area contributed by atoms with Crippen molar-refractivity contribution in [2.24, 2.45) is 11.1 Å². The minimum atomic E-state index is -0.106. The molecule has 0 aromatic heterocycles. The van der Waals surface area contributed by atoms with Gasteiger partial charge in [-0.05, 0) is 49.3 Å². The van der Waals surface area contributed by atoms with Crippen molar-refractivity contribution >= 4 is 5.69 Å². The number of hydrogen-bond donors (Lipinski definition) is 1. The molecule has 19 heavy (non-hydrogen) atoms. The molecule has 0 spiro atoms. The van der Waals surface area contributed by atoms with Gasteiger partial charge in [-0.15, -0.1) is 0 Å². The van der Waals surface area contributed by atoms with Crippen molar-refractivity contribution in [3.05, 3.63) is 29.6 Å². The van der Waals surface area contributed by atoms with E-state index in [9.17, 15) is 4.39 Å². The highest BCUT2D eigenvalue weighted by Crippen LogP contribution is 2.33. The first-order chi connectivity index (χ1) is 9.03. The Morgan fingerprint density at radius 1 is 1.26 bits per heavy atom. The van der Waals surface area contributed by atoms with Gasteiger partial charge in [0.2, 0.25) is 0 Å². The van der Waals surface area contributed by atoms with Crippen LogP contribution >= 0.6 is 0 Å². The van der Waals surface area contributed by atoms with Crippen LogP contribution in [0.5, 0.6) is 0 Å². The summed E-state index contributed by atoms with van der Waals surface area (Å²) < 4.78 is 14.2. The highest BCUT2D eigenvalue weighted by molar-refractivity contribution is 5.55. The molecule has 0 unspecified atom stereocenters. The largest absolute Gasteiger partial charge is 0.369 e. The maximum absolute atomic E-state index is 14.2. The third-order valence-corrected chi connectivity index (χ3v) is 4.14. The van der Waals surface area contributed by atoms with Gasteiger partial charge in [-0.25, -0.2) is 4.39 Å². The van der Waals surface area contributed by atoms with Gasteiger partial charge < -0.3 is 10.6 Å². The second-order valence-electron chi connectivity index (χ2n) is 6.29. The first-order valence-electron chi connectivity index (χ1n) is 7.26. The molecule has 0 atom stereocenters. The molecule has 1 heterocycles. The van der Waals surface area contributed by atoms with Crippen molar-refractivity contribution in [1.82, 2.24) is 0 Å². The lowest BCUT2D eigenvalue weighted by molar-refractivity contribution is 0.325. The van der Waals surface area contributed by atoms with E-state index in [1.165, 1.54) is 6.42 Å². The predicted octanol–water partition coefficient (Wildman–Crippen LogP) is 3.34. The number of nitrogens with two attached hydrogens (primary N) is 1. The Bertz CT molecular complexity index is 429. The molecule has 2 nitrogen and oxygen atoms in total. The Morgan fingerprint density at radius 3 is 2.79 bits per heavy atom. The lowest BCUT2D eigenvalue weighted by atomic mass is 9.85. The van der Waals surface area contributed by atoms with Crippen LogP contribution in [-0.4, -0.2) is 19.6 Å². The average molecular weight is 264 g/mol. The molecule has 0 aliphatic carbocycles. The Morgan fingerprint density at radius 2 is 2.05 bits per heavy atom. The lowest BCUT2D eigenvalue weighted by Crippen LogP contribution is -2.27. The van der Waals surface area contributed by atoms with Crippen molar-refractivity contribution in [3.63, 3.8) is 0 Å². The normalized spacial score (nSPS) is 19.3. The summed E-state index contributed by atoms with van der Waals surface area (Å²) in [6.45, 7) is 7.06. The Balaban J connectivity index is 2.25. The number of benzene rings is 1. The highest BCUT2D eigenvalue weighted by atomic mass is 19.1. The van der Waals surface area contributed by atoms with E-state index in [1.807, 2.05) is 6.07 Å². The molecule has 2 N–H and O–H groups in total. The SMILES string of the molecule is CC1(C)CCCN(c2c(F)cccc2CCN)CC1. The number of halogens is 1. The van der Waals surface area contributed by atoms with E-state index < -0.39 is 0 Å². The van der Waals surface area contributed by atoms with Gasteiger partial charge in [0.1, 0.15) is 5.82 Å². The van der Waals surface area contributed by atoms with E-state index in [0.29, 0.717) is 12.0 Å². The Kier molecular flexibility index (Phi) is 4.46. The quantitative estimate of drug-likeness (QED) is 0.907. The van der Waals surface area contributed by atoms with E-state index in [4.69, 9.17) is 5.73 Å². The average Bonchev–Trinajstić information content (AvgIpc) is 2.51. The van der Waals surface area contributed by atoms with E-state index >= 15 is 0 Å². The molecule has 0 saturated carbocycles.